The van der Waals surface area contributed by atoms with Crippen LogP contribution in [0.1, 0.15) is 24.0 Å². The number of benzene rings is 1. The quantitative estimate of drug-likeness (QED) is 0.500. The number of nitriles is 1. The molecule has 2 fully saturated rings. The Labute approximate surface area is 208 Å². The zero-order chi connectivity index (χ0) is 26.5. The van der Waals surface area contributed by atoms with Crippen LogP contribution < -0.4 is 16.4 Å². The number of halogens is 4. The number of nitrogens with two attached hydrogens (primary N) is 2. The number of fused-ring (bicyclic) bond motifs is 1. The highest BCUT2D eigenvalue weighted by atomic mass is 19.4. The standard InChI is InChI=1S/C23H23F4N9O/c24-15-1-2-16(35-6-4-22(30,10-35)21(37)34-5-3-13(7-28)8-34)14(17(15)23(25,26)27)9-36-12-33-18-19(29)31-11-32-20(18)36/h1-2,11-13H,3-6,8-10,30H2,(H2,29,31,32)/t13?,22-/m1/s1. The fourth-order valence-electron chi connectivity index (χ4n) is 5.13. The number of nitrogen functional groups attached to an aromatic ring is 1. The van der Waals surface area contributed by atoms with E-state index in [1.54, 1.807) is 4.90 Å². The highest BCUT2D eigenvalue weighted by Gasteiger charge is 2.46. The number of rotatable bonds is 4. The van der Waals surface area contributed by atoms with Gasteiger partial charge < -0.3 is 25.8 Å². The molecule has 1 unspecified atom stereocenters. The minimum Gasteiger partial charge on any atom is -0.382 e. The Morgan fingerprint density at radius 3 is 2.73 bits per heavy atom. The molecule has 37 heavy (non-hydrogen) atoms. The molecule has 5 rings (SSSR count). The van der Waals surface area contributed by atoms with Gasteiger partial charge in [0.25, 0.3) is 0 Å². The summed E-state index contributed by atoms with van der Waals surface area (Å²) < 4.78 is 58.3. The van der Waals surface area contributed by atoms with Crippen molar-refractivity contribution in [2.24, 2.45) is 11.7 Å². The van der Waals surface area contributed by atoms with Crippen LogP contribution in [0.2, 0.25) is 0 Å². The van der Waals surface area contributed by atoms with Gasteiger partial charge >= 0.3 is 6.18 Å². The maximum Gasteiger partial charge on any atom is 0.419 e. The molecule has 4 heterocycles. The first-order chi connectivity index (χ1) is 17.5. The Hall–Kier alpha value is -3.99. The largest absolute Gasteiger partial charge is 0.419 e. The smallest absolute Gasteiger partial charge is 0.382 e. The molecule has 3 aromatic rings. The number of nitrogens with zero attached hydrogens (tertiary/aromatic N) is 7. The summed E-state index contributed by atoms with van der Waals surface area (Å²) in [5.74, 6) is -1.98. The number of imidazole rings is 1. The van der Waals surface area contributed by atoms with Gasteiger partial charge in [-0.3, -0.25) is 4.79 Å². The zero-order valence-corrected chi connectivity index (χ0v) is 19.5. The van der Waals surface area contributed by atoms with Gasteiger partial charge in [0, 0.05) is 37.4 Å². The normalized spacial score (nSPS) is 22.1. The third-order valence-corrected chi connectivity index (χ3v) is 7.00. The van der Waals surface area contributed by atoms with E-state index in [2.05, 4.69) is 21.0 Å². The van der Waals surface area contributed by atoms with Crippen molar-refractivity contribution in [3.8, 4) is 6.07 Å². The number of aromatic nitrogens is 4. The van der Waals surface area contributed by atoms with E-state index in [0.29, 0.717) is 13.0 Å². The van der Waals surface area contributed by atoms with E-state index in [1.165, 1.54) is 21.9 Å². The molecule has 0 saturated carbocycles. The molecular formula is C23H23F4N9O. The van der Waals surface area contributed by atoms with Crippen molar-refractivity contribution in [1.82, 2.24) is 24.4 Å². The molecule has 1 aromatic carbocycles. The van der Waals surface area contributed by atoms with Crippen LogP contribution in [0.4, 0.5) is 29.1 Å². The highest BCUT2D eigenvalue weighted by molar-refractivity contribution is 5.88. The summed E-state index contributed by atoms with van der Waals surface area (Å²) in [6.07, 6.45) is -1.82. The second-order valence-electron chi connectivity index (χ2n) is 9.41. The number of carbonyl (C=O) groups is 1. The van der Waals surface area contributed by atoms with Crippen LogP contribution in [-0.2, 0) is 17.5 Å². The Kier molecular flexibility index (Phi) is 5.90. The van der Waals surface area contributed by atoms with E-state index < -0.39 is 29.6 Å². The van der Waals surface area contributed by atoms with Gasteiger partial charge in [0.2, 0.25) is 5.91 Å². The molecule has 0 spiro atoms. The van der Waals surface area contributed by atoms with E-state index >= 15 is 0 Å². The minimum absolute atomic E-state index is 0.0602. The first kappa shape index (κ1) is 24.7. The van der Waals surface area contributed by atoms with Gasteiger partial charge in [-0.15, -0.1) is 0 Å². The number of carbonyl (C=O) groups excluding carboxylic acids is 1. The Bertz CT molecular complexity index is 1420. The van der Waals surface area contributed by atoms with Crippen molar-refractivity contribution >= 4 is 28.6 Å². The Morgan fingerprint density at radius 1 is 1.24 bits per heavy atom. The third kappa shape index (κ3) is 4.29. The Balaban J connectivity index is 1.52. The van der Waals surface area contributed by atoms with E-state index in [9.17, 15) is 22.4 Å². The van der Waals surface area contributed by atoms with Crippen LogP contribution in [0.3, 0.4) is 0 Å². The number of anilines is 2. The summed E-state index contributed by atoms with van der Waals surface area (Å²) in [5, 5.41) is 9.15. The topological polar surface area (TPSA) is 143 Å². The average molecular weight is 517 g/mol. The van der Waals surface area contributed by atoms with Crippen molar-refractivity contribution < 1.29 is 22.4 Å². The number of likely N-dealkylation sites (tertiary alicyclic amines) is 1. The van der Waals surface area contributed by atoms with Crippen molar-refractivity contribution in [3.63, 3.8) is 0 Å². The Morgan fingerprint density at radius 2 is 2.03 bits per heavy atom. The van der Waals surface area contributed by atoms with Gasteiger partial charge in [0.15, 0.2) is 11.5 Å². The van der Waals surface area contributed by atoms with Crippen molar-refractivity contribution in [1.29, 1.82) is 5.26 Å². The maximum absolute atomic E-state index is 14.7. The lowest BCUT2D eigenvalue weighted by Crippen LogP contribution is -2.56. The molecule has 0 aliphatic carbocycles. The number of amides is 1. The molecular weight excluding hydrogens is 494 g/mol. The molecule has 194 valence electrons. The summed E-state index contributed by atoms with van der Waals surface area (Å²) in [5.41, 5.74) is 9.68. The SMILES string of the molecule is N#CC1CCN(C(=O)[C@@]2(N)CCN(c3ccc(F)c(C(F)(F)F)c3Cn3cnc4c(N)ncnc43)C2)C1. The average Bonchev–Trinajstić information content (AvgIpc) is 3.58. The number of hydrogen-bond donors (Lipinski definition) is 2. The second kappa shape index (κ2) is 8.84. The predicted molar refractivity (Wildman–Crippen MR) is 124 cm³/mol. The van der Waals surface area contributed by atoms with Crippen molar-refractivity contribution in [3.05, 3.63) is 41.7 Å². The maximum atomic E-state index is 14.7. The van der Waals surface area contributed by atoms with Gasteiger partial charge in [-0.2, -0.15) is 18.4 Å². The summed E-state index contributed by atoms with van der Waals surface area (Å²) >= 11 is 0. The zero-order valence-electron chi connectivity index (χ0n) is 19.5. The van der Waals surface area contributed by atoms with Gasteiger partial charge in [-0.1, -0.05) is 0 Å². The van der Waals surface area contributed by atoms with Crippen LogP contribution in [0.5, 0.6) is 0 Å². The summed E-state index contributed by atoms with van der Waals surface area (Å²) in [6.45, 7) is 0.386. The highest BCUT2D eigenvalue weighted by Crippen LogP contribution is 2.41. The van der Waals surface area contributed by atoms with Crippen molar-refractivity contribution in [2.75, 3.05) is 36.8 Å². The lowest BCUT2D eigenvalue weighted by Gasteiger charge is -2.30. The lowest BCUT2D eigenvalue weighted by molar-refractivity contribution is -0.140. The first-order valence-electron chi connectivity index (χ1n) is 11.5. The van der Waals surface area contributed by atoms with E-state index in [4.69, 9.17) is 16.7 Å². The molecule has 10 nitrogen and oxygen atoms in total. The van der Waals surface area contributed by atoms with Crippen LogP contribution >= 0.6 is 0 Å². The van der Waals surface area contributed by atoms with Crippen LogP contribution in [0, 0.1) is 23.1 Å². The summed E-state index contributed by atoms with van der Waals surface area (Å²) in [6, 6.07) is 4.18. The fourth-order valence-corrected chi connectivity index (χ4v) is 5.13. The molecule has 2 aliphatic heterocycles. The number of alkyl halides is 3. The van der Waals surface area contributed by atoms with Gasteiger partial charge in [0.05, 0.1) is 30.4 Å². The van der Waals surface area contributed by atoms with Gasteiger partial charge in [-0.05, 0) is 25.0 Å². The van der Waals surface area contributed by atoms with Crippen LogP contribution in [0.15, 0.2) is 24.8 Å². The van der Waals surface area contributed by atoms with Crippen LogP contribution in [0.25, 0.3) is 11.2 Å². The first-order valence-corrected chi connectivity index (χ1v) is 11.5. The molecule has 1 amide bonds. The minimum atomic E-state index is -4.99. The summed E-state index contributed by atoms with van der Waals surface area (Å²) in [4.78, 5) is 28.3. The molecule has 2 aromatic heterocycles. The predicted octanol–water partition coefficient (Wildman–Crippen LogP) is 1.89. The van der Waals surface area contributed by atoms with Gasteiger partial charge in [0.1, 0.15) is 23.2 Å². The molecule has 14 heteroatoms. The van der Waals surface area contributed by atoms with E-state index in [-0.39, 0.29) is 66.1 Å². The fraction of sp³-hybridized carbons (Fsp3) is 0.435. The molecule has 0 bridgehead atoms. The molecule has 2 saturated heterocycles. The van der Waals surface area contributed by atoms with Gasteiger partial charge in [-0.25, -0.2) is 19.3 Å². The third-order valence-electron chi connectivity index (χ3n) is 7.00. The number of hydrogen-bond acceptors (Lipinski definition) is 8. The van der Waals surface area contributed by atoms with Crippen LogP contribution in [-0.4, -0.2) is 62.0 Å². The van der Waals surface area contributed by atoms with E-state index in [1.807, 2.05) is 0 Å². The molecule has 2 atom stereocenters. The molecule has 2 aliphatic rings. The second-order valence-corrected chi connectivity index (χ2v) is 9.41. The molecule has 4 N–H and O–H groups in total. The summed E-state index contributed by atoms with van der Waals surface area (Å²) in [7, 11) is 0. The lowest BCUT2D eigenvalue weighted by atomic mass is 9.98. The van der Waals surface area contributed by atoms with Crippen molar-refractivity contribution in [2.45, 2.75) is 31.1 Å². The monoisotopic (exact) mass is 517 g/mol. The molecule has 0 radical (unpaired) electrons. The van der Waals surface area contributed by atoms with E-state index in [0.717, 1.165) is 12.4 Å².